The number of phenolic OH excluding ortho intramolecular Hbond substituents is 1. The summed E-state index contributed by atoms with van der Waals surface area (Å²) in [7, 11) is 0. The zero-order chi connectivity index (χ0) is 21.9. The minimum Gasteiger partial charge on any atom is -0.508 e. The number of rotatable bonds is 2. The van der Waals surface area contributed by atoms with Gasteiger partial charge in [-0.1, -0.05) is 45.7 Å². The second-order valence-corrected chi connectivity index (χ2v) is 8.74. The second-order valence-electron chi connectivity index (χ2n) is 7.42. The van der Waals surface area contributed by atoms with Gasteiger partial charge in [0.15, 0.2) is 5.43 Å². The standard InChI is InChI=1S/C24H15BrClNO4/c1-12-5-7-15(11-18(12)26)27-21(13-3-2-4-16(28)9-13)20-22(29)17-10-14(25)6-8-19(17)31-23(20)24(27)30/h2-11,21,28H,1H3. The van der Waals surface area contributed by atoms with E-state index < -0.39 is 11.9 Å². The monoisotopic (exact) mass is 495 g/mol. The molecule has 5 rings (SSSR count). The summed E-state index contributed by atoms with van der Waals surface area (Å²) >= 11 is 9.72. The number of amides is 1. The highest BCUT2D eigenvalue weighted by Crippen LogP contribution is 2.42. The molecule has 1 atom stereocenters. The van der Waals surface area contributed by atoms with E-state index >= 15 is 0 Å². The maximum Gasteiger partial charge on any atom is 0.295 e. The highest BCUT2D eigenvalue weighted by molar-refractivity contribution is 9.10. The molecule has 31 heavy (non-hydrogen) atoms. The lowest BCUT2D eigenvalue weighted by molar-refractivity contribution is 0.0971. The summed E-state index contributed by atoms with van der Waals surface area (Å²) in [6.45, 7) is 1.87. The molecule has 1 aliphatic rings. The summed E-state index contributed by atoms with van der Waals surface area (Å²) in [5, 5.41) is 10.9. The van der Waals surface area contributed by atoms with E-state index in [4.69, 9.17) is 16.0 Å². The number of hydrogen-bond acceptors (Lipinski definition) is 4. The maximum absolute atomic E-state index is 13.5. The quantitative estimate of drug-likeness (QED) is 0.371. The van der Waals surface area contributed by atoms with Crippen molar-refractivity contribution in [2.75, 3.05) is 4.90 Å². The van der Waals surface area contributed by atoms with Gasteiger partial charge in [0, 0.05) is 15.2 Å². The Bertz CT molecular complexity index is 1450. The second kappa shape index (κ2) is 7.25. The van der Waals surface area contributed by atoms with Gasteiger partial charge in [-0.15, -0.1) is 0 Å². The van der Waals surface area contributed by atoms with Crippen molar-refractivity contribution in [3.63, 3.8) is 0 Å². The molecule has 0 radical (unpaired) electrons. The van der Waals surface area contributed by atoms with Crippen LogP contribution in [0.25, 0.3) is 11.0 Å². The van der Waals surface area contributed by atoms with Gasteiger partial charge >= 0.3 is 0 Å². The molecule has 1 N–H and O–H groups in total. The number of phenols is 1. The van der Waals surface area contributed by atoms with Gasteiger partial charge in [0.2, 0.25) is 5.76 Å². The molecule has 2 heterocycles. The number of fused-ring (bicyclic) bond motifs is 2. The van der Waals surface area contributed by atoms with Crippen LogP contribution in [-0.4, -0.2) is 11.0 Å². The van der Waals surface area contributed by atoms with Crippen molar-refractivity contribution in [3.8, 4) is 5.75 Å². The van der Waals surface area contributed by atoms with E-state index in [1.165, 1.54) is 11.0 Å². The SMILES string of the molecule is Cc1ccc(N2C(=O)c3oc4ccc(Br)cc4c(=O)c3C2c2cccc(O)c2)cc1Cl. The van der Waals surface area contributed by atoms with Crippen LogP contribution in [0.2, 0.25) is 5.02 Å². The van der Waals surface area contributed by atoms with Crippen LogP contribution in [0.5, 0.6) is 5.75 Å². The number of carbonyl (C=O) groups is 1. The molecule has 4 aromatic rings. The fourth-order valence-electron chi connectivity index (χ4n) is 3.95. The van der Waals surface area contributed by atoms with Crippen molar-refractivity contribution in [2.24, 2.45) is 0 Å². The molecule has 0 saturated carbocycles. The Morgan fingerprint density at radius 3 is 2.61 bits per heavy atom. The molecule has 1 aliphatic heterocycles. The number of benzene rings is 3. The Balaban J connectivity index is 1.83. The molecule has 1 aromatic heterocycles. The predicted molar refractivity (Wildman–Crippen MR) is 123 cm³/mol. The highest BCUT2D eigenvalue weighted by atomic mass is 79.9. The Hall–Kier alpha value is -3.09. The molecule has 0 fully saturated rings. The third kappa shape index (κ3) is 3.14. The molecule has 1 amide bonds. The van der Waals surface area contributed by atoms with E-state index in [2.05, 4.69) is 15.9 Å². The molecule has 0 spiro atoms. The van der Waals surface area contributed by atoms with E-state index in [1.807, 2.05) is 13.0 Å². The molecule has 0 saturated heterocycles. The van der Waals surface area contributed by atoms with Crippen LogP contribution in [0.4, 0.5) is 5.69 Å². The van der Waals surface area contributed by atoms with Crippen molar-refractivity contribution in [1.82, 2.24) is 0 Å². The summed E-state index contributed by atoms with van der Waals surface area (Å²) in [5.74, 6) is -0.414. The van der Waals surface area contributed by atoms with Gasteiger partial charge in [0.1, 0.15) is 11.3 Å². The number of aromatic hydroxyl groups is 1. The van der Waals surface area contributed by atoms with Gasteiger partial charge < -0.3 is 9.52 Å². The highest BCUT2D eigenvalue weighted by Gasteiger charge is 2.43. The van der Waals surface area contributed by atoms with Crippen molar-refractivity contribution >= 4 is 50.1 Å². The topological polar surface area (TPSA) is 70.8 Å². The van der Waals surface area contributed by atoms with Gasteiger partial charge in [-0.05, 0) is 60.5 Å². The van der Waals surface area contributed by atoms with Crippen LogP contribution in [-0.2, 0) is 0 Å². The fourth-order valence-corrected chi connectivity index (χ4v) is 4.49. The average Bonchev–Trinajstić information content (AvgIpc) is 3.03. The molecule has 0 aliphatic carbocycles. The van der Waals surface area contributed by atoms with E-state index in [1.54, 1.807) is 48.5 Å². The summed E-state index contributed by atoms with van der Waals surface area (Å²) in [6, 6.07) is 16.1. The lowest BCUT2D eigenvalue weighted by atomic mass is 9.98. The van der Waals surface area contributed by atoms with Crippen molar-refractivity contribution in [1.29, 1.82) is 0 Å². The Morgan fingerprint density at radius 1 is 1.06 bits per heavy atom. The Labute approximate surface area is 190 Å². The van der Waals surface area contributed by atoms with Crippen molar-refractivity contribution in [2.45, 2.75) is 13.0 Å². The number of hydrogen-bond donors (Lipinski definition) is 1. The van der Waals surface area contributed by atoms with Crippen molar-refractivity contribution < 1.29 is 14.3 Å². The van der Waals surface area contributed by atoms with Crippen molar-refractivity contribution in [3.05, 3.63) is 103 Å². The van der Waals surface area contributed by atoms with Gasteiger partial charge in [0.05, 0.1) is 17.0 Å². The zero-order valence-corrected chi connectivity index (χ0v) is 18.6. The van der Waals surface area contributed by atoms with Gasteiger partial charge in [0.25, 0.3) is 5.91 Å². The van der Waals surface area contributed by atoms with Crippen LogP contribution >= 0.6 is 27.5 Å². The molecular formula is C24H15BrClNO4. The summed E-state index contributed by atoms with van der Waals surface area (Å²) in [4.78, 5) is 28.5. The minimum atomic E-state index is -0.770. The van der Waals surface area contributed by atoms with E-state index in [9.17, 15) is 14.7 Å². The van der Waals surface area contributed by atoms with Crippen LogP contribution in [0.1, 0.15) is 33.3 Å². The Kier molecular flexibility index (Phi) is 4.64. The summed E-state index contributed by atoms with van der Waals surface area (Å²) in [5.41, 5.74) is 2.26. The first kappa shape index (κ1) is 19.8. The molecule has 154 valence electrons. The van der Waals surface area contributed by atoms with Crippen LogP contribution in [0.15, 0.2) is 74.3 Å². The van der Waals surface area contributed by atoms with Crippen LogP contribution in [0, 0.1) is 6.92 Å². The molecule has 5 nitrogen and oxygen atoms in total. The van der Waals surface area contributed by atoms with Crippen LogP contribution in [0.3, 0.4) is 0 Å². The first-order valence-electron chi connectivity index (χ1n) is 9.50. The van der Waals surface area contributed by atoms with Gasteiger partial charge in [-0.2, -0.15) is 0 Å². The summed E-state index contributed by atoms with van der Waals surface area (Å²) < 4.78 is 6.66. The summed E-state index contributed by atoms with van der Waals surface area (Å²) in [6.07, 6.45) is 0. The first-order valence-corrected chi connectivity index (χ1v) is 10.7. The largest absolute Gasteiger partial charge is 0.508 e. The molecule has 7 heteroatoms. The van der Waals surface area contributed by atoms with Gasteiger partial charge in [-0.3, -0.25) is 14.5 Å². The van der Waals surface area contributed by atoms with Crippen LogP contribution < -0.4 is 10.3 Å². The number of nitrogens with zero attached hydrogens (tertiary/aromatic N) is 1. The lowest BCUT2D eigenvalue weighted by Crippen LogP contribution is -2.29. The number of carbonyl (C=O) groups excluding carboxylic acids is 1. The smallest absolute Gasteiger partial charge is 0.295 e. The molecular weight excluding hydrogens is 482 g/mol. The first-order chi connectivity index (χ1) is 14.8. The number of halogens is 2. The van der Waals surface area contributed by atoms with E-state index in [0.717, 1.165) is 10.0 Å². The fraction of sp³-hybridized carbons (Fsp3) is 0.0833. The number of aryl methyl sites for hydroxylation is 1. The minimum absolute atomic E-state index is 0.00939. The zero-order valence-electron chi connectivity index (χ0n) is 16.2. The molecule has 1 unspecified atom stereocenters. The normalized spacial score (nSPS) is 15.5. The number of anilines is 1. The maximum atomic E-state index is 13.5. The van der Waals surface area contributed by atoms with E-state index in [0.29, 0.717) is 27.2 Å². The molecule has 0 bridgehead atoms. The third-order valence-corrected chi connectivity index (χ3v) is 6.35. The van der Waals surface area contributed by atoms with Gasteiger partial charge in [-0.25, -0.2) is 0 Å². The third-order valence-electron chi connectivity index (χ3n) is 5.45. The predicted octanol–water partition coefficient (Wildman–Crippen LogP) is 5.97. The lowest BCUT2D eigenvalue weighted by Gasteiger charge is -2.25. The van der Waals surface area contributed by atoms with E-state index in [-0.39, 0.29) is 22.5 Å². The average molecular weight is 497 g/mol. The Morgan fingerprint density at radius 2 is 1.87 bits per heavy atom. The molecule has 3 aromatic carbocycles.